The molecule has 1 nitrogen and oxygen atoms in total. The maximum absolute atomic E-state index is 2.38. The highest BCUT2D eigenvalue weighted by Crippen LogP contribution is 2.18. The Morgan fingerprint density at radius 3 is 1.56 bits per heavy atom. The van der Waals surface area contributed by atoms with Crippen molar-refractivity contribution in [2.75, 3.05) is 20.6 Å². The third-order valence-electron chi connectivity index (χ3n) is 5.87. The van der Waals surface area contributed by atoms with Gasteiger partial charge in [-0.2, -0.15) is 0 Å². The standard InChI is InChI=1S/C26H48N/c1-6-7-8-9-10-11-12-13-14-15-16-17-22-27(4,5)23-25-18-20-26(21-19-25)24(2)3/h18-21,24H,6-17,22-23H2,1-5H3/q+1. The summed E-state index contributed by atoms with van der Waals surface area (Å²) in [6.45, 7) is 9.27. The van der Waals surface area contributed by atoms with Crippen molar-refractivity contribution in [2.45, 2.75) is 110 Å². The van der Waals surface area contributed by atoms with Crippen LogP contribution in [0, 0.1) is 0 Å². The summed E-state index contributed by atoms with van der Waals surface area (Å²) in [4.78, 5) is 0. The molecule has 1 rings (SSSR count). The quantitative estimate of drug-likeness (QED) is 0.202. The highest BCUT2D eigenvalue weighted by atomic mass is 15.3. The lowest BCUT2D eigenvalue weighted by atomic mass is 10.0. The molecule has 1 heteroatoms. The van der Waals surface area contributed by atoms with Crippen LogP contribution in [-0.4, -0.2) is 25.1 Å². The van der Waals surface area contributed by atoms with E-state index in [2.05, 4.69) is 59.1 Å². The van der Waals surface area contributed by atoms with Gasteiger partial charge in [0.1, 0.15) is 6.54 Å². The lowest BCUT2D eigenvalue weighted by Crippen LogP contribution is -2.39. The third-order valence-corrected chi connectivity index (χ3v) is 5.87. The molecule has 1 aromatic carbocycles. The van der Waals surface area contributed by atoms with Gasteiger partial charge in [0.15, 0.2) is 0 Å². The predicted molar refractivity (Wildman–Crippen MR) is 122 cm³/mol. The second kappa shape index (κ2) is 14.2. The van der Waals surface area contributed by atoms with Gasteiger partial charge in [0.2, 0.25) is 0 Å². The Labute approximate surface area is 171 Å². The lowest BCUT2D eigenvalue weighted by molar-refractivity contribution is -0.903. The number of hydrogen-bond donors (Lipinski definition) is 0. The minimum atomic E-state index is 0.627. The van der Waals surface area contributed by atoms with Crippen LogP contribution in [0.1, 0.15) is 115 Å². The highest BCUT2D eigenvalue weighted by Gasteiger charge is 2.15. The molecule has 0 saturated heterocycles. The van der Waals surface area contributed by atoms with Gasteiger partial charge in [0, 0.05) is 5.56 Å². The van der Waals surface area contributed by atoms with Crippen LogP contribution in [0.3, 0.4) is 0 Å². The summed E-state index contributed by atoms with van der Waals surface area (Å²) in [5.41, 5.74) is 2.92. The molecule has 0 spiro atoms. The van der Waals surface area contributed by atoms with Gasteiger partial charge in [0.05, 0.1) is 20.6 Å². The van der Waals surface area contributed by atoms with Crippen LogP contribution in [0.2, 0.25) is 0 Å². The molecule has 0 aliphatic carbocycles. The van der Waals surface area contributed by atoms with Crippen LogP contribution in [0.25, 0.3) is 0 Å². The van der Waals surface area contributed by atoms with Gasteiger partial charge in [-0.3, -0.25) is 0 Å². The molecule has 27 heavy (non-hydrogen) atoms. The number of benzene rings is 1. The molecule has 156 valence electrons. The normalized spacial score (nSPS) is 12.1. The molecule has 0 aromatic heterocycles. The van der Waals surface area contributed by atoms with Crippen molar-refractivity contribution in [1.29, 1.82) is 0 Å². The minimum absolute atomic E-state index is 0.627. The molecule has 0 heterocycles. The van der Waals surface area contributed by atoms with Crippen LogP contribution in [-0.2, 0) is 6.54 Å². The third kappa shape index (κ3) is 12.3. The monoisotopic (exact) mass is 374 g/mol. The maximum atomic E-state index is 2.38. The Balaban J connectivity index is 2.04. The van der Waals surface area contributed by atoms with E-state index < -0.39 is 0 Å². The fourth-order valence-corrected chi connectivity index (χ4v) is 3.96. The molecule has 0 N–H and O–H groups in total. The average Bonchev–Trinajstić information content (AvgIpc) is 2.62. The number of nitrogens with zero attached hydrogens (tertiary/aromatic N) is 1. The predicted octanol–water partition coefficient (Wildman–Crippen LogP) is 8.09. The molecule has 0 fully saturated rings. The Hall–Kier alpha value is -0.820. The van der Waals surface area contributed by atoms with Gasteiger partial charge in [-0.15, -0.1) is 0 Å². The molecule has 0 atom stereocenters. The van der Waals surface area contributed by atoms with Crippen LogP contribution in [0.15, 0.2) is 24.3 Å². The Bertz CT molecular complexity index is 458. The highest BCUT2D eigenvalue weighted by molar-refractivity contribution is 5.24. The summed E-state index contributed by atoms with van der Waals surface area (Å²) in [5.74, 6) is 0.627. The van der Waals surface area contributed by atoms with Crippen LogP contribution in [0.5, 0.6) is 0 Å². The topological polar surface area (TPSA) is 0 Å². The lowest BCUT2D eigenvalue weighted by Gasteiger charge is -2.30. The van der Waals surface area contributed by atoms with Crippen molar-refractivity contribution in [1.82, 2.24) is 0 Å². The molecule has 0 unspecified atom stereocenters. The molecular weight excluding hydrogens is 326 g/mol. The summed E-state index contributed by atoms with van der Waals surface area (Å²) in [5, 5.41) is 0. The van der Waals surface area contributed by atoms with E-state index in [0.717, 1.165) is 11.0 Å². The smallest absolute Gasteiger partial charge is 0.104 e. The van der Waals surface area contributed by atoms with Crippen molar-refractivity contribution in [3.8, 4) is 0 Å². The molecular formula is C26H48N+. The van der Waals surface area contributed by atoms with Gasteiger partial charge >= 0.3 is 0 Å². The second-order valence-electron chi connectivity index (χ2n) is 9.60. The largest absolute Gasteiger partial charge is 0.325 e. The fraction of sp³-hybridized carbons (Fsp3) is 0.769. The van der Waals surface area contributed by atoms with Crippen molar-refractivity contribution in [3.63, 3.8) is 0 Å². The van der Waals surface area contributed by atoms with Crippen LogP contribution in [0.4, 0.5) is 0 Å². The molecule has 0 saturated carbocycles. The van der Waals surface area contributed by atoms with E-state index in [1.54, 1.807) is 0 Å². The summed E-state index contributed by atoms with van der Waals surface area (Å²) in [7, 11) is 4.77. The molecule has 0 bridgehead atoms. The van der Waals surface area contributed by atoms with Gasteiger partial charge in [0.25, 0.3) is 0 Å². The second-order valence-corrected chi connectivity index (χ2v) is 9.60. The zero-order valence-corrected chi connectivity index (χ0v) is 19.2. The molecule has 0 amide bonds. The summed E-state index contributed by atoms with van der Waals surface area (Å²) >= 11 is 0. The van der Waals surface area contributed by atoms with Crippen LogP contribution >= 0.6 is 0 Å². The van der Waals surface area contributed by atoms with Gasteiger partial charge in [-0.05, 0) is 24.3 Å². The number of rotatable bonds is 16. The summed E-state index contributed by atoms with van der Waals surface area (Å²) in [6, 6.07) is 9.28. The zero-order chi connectivity index (χ0) is 20.0. The summed E-state index contributed by atoms with van der Waals surface area (Å²) < 4.78 is 1.11. The van der Waals surface area contributed by atoms with E-state index in [1.165, 1.54) is 94.7 Å². The van der Waals surface area contributed by atoms with Gasteiger partial charge < -0.3 is 4.48 Å². The molecule has 0 aliphatic rings. The van der Waals surface area contributed by atoms with E-state index in [0.29, 0.717) is 5.92 Å². The first-order chi connectivity index (χ1) is 12.9. The number of unbranched alkanes of at least 4 members (excludes halogenated alkanes) is 11. The summed E-state index contributed by atoms with van der Waals surface area (Å²) in [6.07, 6.45) is 17.2. The van der Waals surface area contributed by atoms with Gasteiger partial charge in [-0.1, -0.05) is 109 Å². The number of quaternary nitrogens is 1. The number of hydrogen-bond acceptors (Lipinski definition) is 0. The van der Waals surface area contributed by atoms with Crippen LogP contribution < -0.4 is 0 Å². The van der Waals surface area contributed by atoms with E-state index in [1.807, 2.05) is 0 Å². The molecule has 0 radical (unpaired) electrons. The fourth-order valence-electron chi connectivity index (χ4n) is 3.96. The SMILES string of the molecule is CCCCCCCCCCCCCC[N+](C)(C)Cc1ccc(C(C)C)cc1. The molecule has 1 aromatic rings. The Morgan fingerprint density at radius 1 is 0.667 bits per heavy atom. The van der Waals surface area contributed by atoms with E-state index in [-0.39, 0.29) is 0 Å². The Kier molecular flexibility index (Phi) is 12.8. The molecule has 0 aliphatic heterocycles. The first-order valence-electron chi connectivity index (χ1n) is 11.9. The van der Waals surface area contributed by atoms with E-state index in [4.69, 9.17) is 0 Å². The van der Waals surface area contributed by atoms with Crippen molar-refractivity contribution in [3.05, 3.63) is 35.4 Å². The van der Waals surface area contributed by atoms with Crippen molar-refractivity contribution >= 4 is 0 Å². The zero-order valence-electron chi connectivity index (χ0n) is 19.2. The van der Waals surface area contributed by atoms with E-state index >= 15 is 0 Å². The Morgan fingerprint density at radius 2 is 1.11 bits per heavy atom. The first-order valence-corrected chi connectivity index (χ1v) is 11.9. The van der Waals surface area contributed by atoms with Gasteiger partial charge in [-0.25, -0.2) is 0 Å². The van der Waals surface area contributed by atoms with Crippen molar-refractivity contribution in [2.24, 2.45) is 0 Å². The van der Waals surface area contributed by atoms with Crippen molar-refractivity contribution < 1.29 is 4.48 Å². The maximum Gasteiger partial charge on any atom is 0.104 e. The minimum Gasteiger partial charge on any atom is -0.325 e. The average molecular weight is 375 g/mol. The van der Waals surface area contributed by atoms with E-state index in [9.17, 15) is 0 Å². The first kappa shape index (κ1) is 24.2.